The highest BCUT2D eigenvalue weighted by Gasteiger charge is 2.28. The Labute approximate surface area is 321 Å². The van der Waals surface area contributed by atoms with Crippen LogP contribution in [-0.2, 0) is 32.7 Å². The third-order valence-electron chi connectivity index (χ3n) is 8.63. The molecule has 3 unspecified atom stereocenters. The molecule has 0 aromatic carbocycles. The minimum atomic E-state index is -4.75. The van der Waals surface area contributed by atoms with E-state index in [1.54, 1.807) is 0 Å². The van der Waals surface area contributed by atoms with Crippen LogP contribution in [0.5, 0.6) is 0 Å². The molecule has 0 aromatic heterocycles. The van der Waals surface area contributed by atoms with Crippen LogP contribution < -0.4 is 5.32 Å². The largest absolute Gasteiger partial charge is 0.480 e. The van der Waals surface area contributed by atoms with E-state index in [0.717, 1.165) is 77.0 Å². The van der Waals surface area contributed by atoms with Gasteiger partial charge in [-0.25, -0.2) is 9.36 Å². The second kappa shape index (κ2) is 36.7. The average Bonchev–Trinajstić information content (AvgIpc) is 3.13. The predicted octanol–water partition coefficient (Wildman–Crippen LogP) is 10.1. The summed E-state index contributed by atoms with van der Waals surface area (Å²) in [6.07, 6.45) is 37.5. The predicted molar refractivity (Wildman–Crippen MR) is 212 cm³/mol. The fourth-order valence-corrected chi connectivity index (χ4v) is 6.18. The minimum absolute atomic E-state index is 0.134. The minimum Gasteiger partial charge on any atom is -0.480 e. The molecule has 11 nitrogen and oxygen atoms in total. The molecule has 0 bridgehead atoms. The van der Waals surface area contributed by atoms with Gasteiger partial charge in [-0.05, 0) is 64.2 Å². The topological polar surface area (TPSA) is 169 Å². The molecule has 0 fully saturated rings. The zero-order chi connectivity index (χ0) is 39.3. The van der Waals surface area contributed by atoms with Crippen LogP contribution in [0, 0.1) is 0 Å². The number of carbonyl (C=O) groups is 3. The standard InChI is InChI=1S/C41H74NO10P/c1-3-5-7-9-11-13-15-16-17-18-19-20-21-22-23-25-27-29-31-33-40(45)50-34-37(43)35-51-53(48,49)52-36-38(41(46)47)42-39(44)32-30-28-26-24-14-12-10-8-6-4-2/h8,10-11,13,16-17,37-38,43H,3-7,9,12,14-15,18-36H2,1-2H3,(H,42,44)(H,46,47)(H,48,49)/b10-8-,13-11-,17-16-. The molecular weight excluding hydrogens is 697 g/mol. The Morgan fingerprint density at radius 1 is 0.604 bits per heavy atom. The lowest BCUT2D eigenvalue weighted by Gasteiger charge is -2.18. The number of esters is 1. The zero-order valence-corrected chi connectivity index (χ0v) is 34.0. The van der Waals surface area contributed by atoms with Crippen molar-refractivity contribution in [3.63, 3.8) is 0 Å². The van der Waals surface area contributed by atoms with Crippen molar-refractivity contribution in [1.82, 2.24) is 5.32 Å². The fourth-order valence-electron chi connectivity index (χ4n) is 5.41. The summed E-state index contributed by atoms with van der Waals surface area (Å²) < 4.78 is 26.7. The highest BCUT2D eigenvalue weighted by atomic mass is 31.2. The van der Waals surface area contributed by atoms with Crippen molar-refractivity contribution in [3.8, 4) is 0 Å². The van der Waals surface area contributed by atoms with E-state index in [1.165, 1.54) is 57.8 Å². The number of hydrogen-bond acceptors (Lipinski definition) is 8. The first-order valence-electron chi connectivity index (χ1n) is 20.5. The van der Waals surface area contributed by atoms with E-state index in [1.807, 2.05) is 0 Å². The third kappa shape index (κ3) is 36.4. The molecule has 4 N–H and O–H groups in total. The van der Waals surface area contributed by atoms with Crippen LogP contribution in [0.25, 0.3) is 0 Å². The van der Waals surface area contributed by atoms with Crippen molar-refractivity contribution in [2.45, 2.75) is 187 Å². The van der Waals surface area contributed by atoms with Crippen LogP contribution in [0.2, 0.25) is 0 Å². The molecule has 0 heterocycles. The molecule has 0 aliphatic rings. The lowest BCUT2D eigenvalue weighted by atomic mass is 10.1. The van der Waals surface area contributed by atoms with Crippen molar-refractivity contribution in [3.05, 3.63) is 36.5 Å². The van der Waals surface area contributed by atoms with Crippen LogP contribution in [-0.4, -0.2) is 64.9 Å². The Hall–Kier alpha value is -2.30. The number of carboxylic acids is 1. The number of allylic oxidation sites excluding steroid dienone is 6. The quantitative estimate of drug-likeness (QED) is 0.0205. The third-order valence-corrected chi connectivity index (χ3v) is 9.58. The number of carbonyl (C=O) groups excluding carboxylic acids is 2. The van der Waals surface area contributed by atoms with E-state index in [0.29, 0.717) is 12.8 Å². The van der Waals surface area contributed by atoms with Crippen molar-refractivity contribution in [1.29, 1.82) is 0 Å². The fraction of sp³-hybridized carbons (Fsp3) is 0.780. The summed E-state index contributed by atoms with van der Waals surface area (Å²) in [7, 11) is -4.75. The number of phosphoric ester groups is 1. The molecule has 53 heavy (non-hydrogen) atoms. The number of hydrogen-bond donors (Lipinski definition) is 4. The zero-order valence-electron chi connectivity index (χ0n) is 33.1. The van der Waals surface area contributed by atoms with Gasteiger partial charge >= 0.3 is 19.8 Å². The molecule has 0 aromatic rings. The maximum absolute atomic E-state index is 12.2. The van der Waals surface area contributed by atoms with E-state index in [4.69, 9.17) is 13.8 Å². The molecule has 0 aliphatic carbocycles. The Morgan fingerprint density at radius 2 is 1.08 bits per heavy atom. The number of unbranched alkanes of at least 4 members (excludes halogenated alkanes) is 18. The number of ether oxygens (including phenoxy) is 1. The van der Waals surface area contributed by atoms with Gasteiger partial charge in [0.05, 0.1) is 13.2 Å². The molecular formula is C41H74NO10P. The van der Waals surface area contributed by atoms with Crippen molar-refractivity contribution in [2.75, 3.05) is 19.8 Å². The molecule has 308 valence electrons. The molecule has 0 rings (SSSR count). The average molecular weight is 772 g/mol. The van der Waals surface area contributed by atoms with Gasteiger partial charge in [0, 0.05) is 12.8 Å². The number of aliphatic hydroxyl groups excluding tert-OH is 1. The van der Waals surface area contributed by atoms with Crippen LogP contribution in [0.4, 0.5) is 0 Å². The van der Waals surface area contributed by atoms with Gasteiger partial charge in [0.25, 0.3) is 0 Å². The maximum Gasteiger partial charge on any atom is 0.472 e. The number of rotatable bonds is 38. The first-order chi connectivity index (χ1) is 25.6. The second-order valence-corrected chi connectivity index (χ2v) is 15.3. The second-order valence-electron chi connectivity index (χ2n) is 13.8. The van der Waals surface area contributed by atoms with Crippen LogP contribution in [0.3, 0.4) is 0 Å². The molecule has 0 saturated heterocycles. The van der Waals surface area contributed by atoms with Gasteiger partial charge in [0.1, 0.15) is 12.7 Å². The van der Waals surface area contributed by atoms with E-state index >= 15 is 0 Å². The van der Waals surface area contributed by atoms with E-state index in [2.05, 4.69) is 55.6 Å². The van der Waals surface area contributed by atoms with Crippen molar-refractivity contribution in [2.24, 2.45) is 0 Å². The van der Waals surface area contributed by atoms with Gasteiger partial charge in [0.15, 0.2) is 6.04 Å². The van der Waals surface area contributed by atoms with Crippen LogP contribution in [0.15, 0.2) is 36.5 Å². The molecule has 0 spiro atoms. The molecule has 0 aliphatic heterocycles. The van der Waals surface area contributed by atoms with E-state index in [-0.39, 0.29) is 12.8 Å². The summed E-state index contributed by atoms with van der Waals surface area (Å²) in [5.74, 6) is -2.39. The lowest BCUT2D eigenvalue weighted by molar-refractivity contribution is -0.147. The number of phosphoric acid groups is 1. The molecule has 3 atom stereocenters. The Bertz CT molecular complexity index is 1050. The lowest BCUT2D eigenvalue weighted by Crippen LogP contribution is -2.43. The molecule has 1 amide bonds. The highest BCUT2D eigenvalue weighted by molar-refractivity contribution is 7.47. The van der Waals surface area contributed by atoms with Gasteiger partial charge < -0.3 is 25.2 Å². The Morgan fingerprint density at radius 3 is 1.62 bits per heavy atom. The molecule has 12 heteroatoms. The Kier molecular flexibility index (Phi) is 35.1. The van der Waals surface area contributed by atoms with Gasteiger partial charge in [0.2, 0.25) is 5.91 Å². The summed E-state index contributed by atoms with van der Waals surface area (Å²) in [6.45, 7) is 2.47. The summed E-state index contributed by atoms with van der Waals surface area (Å²) in [5, 5.41) is 21.7. The molecule has 0 radical (unpaired) electrons. The van der Waals surface area contributed by atoms with Crippen molar-refractivity contribution >= 4 is 25.7 Å². The normalized spacial score (nSPS) is 14.2. The van der Waals surface area contributed by atoms with Crippen molar-refractivity contribution < 1.29 is 47.8 Å². The summed E-state index contributed by atoms with van der Waals surface area (Å²) in [5.41, 5.74) is 0. The van der Waals surface area contributed by atoms with Gasteiger partial charge in [-0.3, -0.25) is 18.6 Å². The van der Waals surface area contributed by atoms with E-state index in [9.17, 15) is 34.1 Å². The number of carboxylic acid groups (broad SMARTS) is 1. The number of aliphatic hydroxyl groups is 1. The first-order valence-corrected chi connectivity index (χ1v) is 22.0. The van der Waals surface area contributed by atoms with Gasteiger partial charge in [-0.2, -0.15) is 0 Å². The summed E-state index contributed by atoms with van der Waals surface area (Å²) >= 11 is 0. The maximum atomic E-state index is 12.2. The number of aliphatic carboxylic acids is 1. The summed E-state index contributed by atoms with van der Waals surface area (Å²) in [6, 6.07) is -1.55. The first kappa shape index (κ1) is 50.7. The molecule has 0 saturated carbocycles. The smallest absolute Gasteiger partial charge is 0.472 e. The van der Waals surface area contributed by atoms with Gasteiger partial charge in [-0.15, -0.1) is 0 Å². The number of amides is 1. The SMILES string of the molecule is CCC/C=C\CCCCCCCC(=O)NC(COP(=O)(O)OCC(O)COC(=O)CCCCCCCCCCC/C=C\C/C=C\CCCCC)C(=O)O. The van der Waals surface area contributed by atoms with E-state index < -0.39 is 57.6 Å². The monoisotopic (exact) mass is 772 g/mol. The highest BCUT2D eigenvalue weighted by Crippen LogP contribution is 2.43. The number of nitrogens with one attached hydrogen (secondary N) is 1. The Balaban J connectivity index is 3.89. The van der Waals surface area contributed by atoms with Crippen LogP contribution in [0.1, 0.15) is 174 Å². The van der Waals surface area contributed by atoms with Gasteiger partial charge in [-0.1, -0.05) is 134 Å². The summed E-state index contributed by atoms with van der Waals surface area (Å²) in [4.78, 5) is 45.7. The van der Waals surface area contributed by atoms with Crippen LogP contribution >= 0.6 is 7.82 Å².